The van der Waals surface area contributed by atoms with Gasteiger partial charge in [-0.2, -0.15) is 0 Å². The fraction of sp³-hybridized carbons (Fsp3) is 0.615. The van der Waals surface area contributed by atoms with Crippen molar-refractivity contribution < 1.29 is 4.74 Å². The maximum Gasteiger partial charge on any atom is 0.193 e. The van der Waals surface area contributed by atoms with Gasteiger partial charge in [0.2, 0.25) is 0 Å². The van der Waals surface area contributed by atoms with Gasteiger partial charge in [-0.25, -0.2) is 4.98 Å². The molecule has 1 N–H and O–H groups in total. The number of likely N-dealkylation sites (N-methyl/N-ethyl adjacent to an activating group) is 1. The maximum atomic E-state index is 5.59. The molecule has 0 aliphatic heterocycles. The van der Waals surface area contributed by atoms with Crippen molar-refractivity contribution in [1.29, 1.82) is 0 Å². The summed E-state index contributed by atoms with van der Waals surface area (Å²) in [7, 11) is 1.76. The van der Waals surface area contributed by atoms with E-state index in [9.17, 15) is 0 Å². The Bertz CT molecular complexity index is 475. The van der Waals surface area contributed by atoms with Crippen LogP contribution in [-0.2, 0) is 11.2 Å². The van der Waals surface area contributed by atoms with Gasteiger partial charge in [0.1, 0.15) is 0 Å². The first-order valence-electron chi connectivity index (χ1n) is 6.26. The van der Waals surface area contributed by atoms with Crippen molar-refractivity contribution in [2.24, 2.45) is 0 Å². The zero-order chi connectivity index (χ0) is 13.2. The van der Waals surface area contributed by atoms with Crippen molar-refractivity contribution >= 4 is 16.3 Å². The van der Waals surface area contributed by atoms with Crippen molar-refractivity contribution in [2.45, 2.75) is 38.8 Å². The Labute approximate surface area is 112 Å². The monoisotopic (exact) mass is 267 g/mol. The summed E-state index contributed by atoms with van der Waals surface area (Å²) in [5.74, 6) is 0. The molecule has 2 aromatic heterocycles. The van der Waals surface area contributed by atoms with Crippen LogP contribution in [0.1, 0.15) is 26.5 Å². The van der Waals surface area contributed by atoms with Gasteiger partial charge in [-0.15, -0.1) is 11.3 Å². The highest BCUT2D eigenvalue weighted by atomic mass is 32.1. The predicted molar refractivity (Wildman–Crippen MR) is 75.3 cm³/mol. The number of aromatic nitrogens is 2. The number of hydrogen-bond acceptors (Lipinski definition) is 4. The summed E-state index contributed by atoms with van der Waals surface area (Å²) in [4.78, 5) is 5.68. The van der Waals surface area contributed by atoms with Crippen LogP contribution in [0.25, 0.3) is 4.96 Å². The van der Waals surface area contributed by atoms with Gasteiger partial charge in [0, 0.05) is 37.3 Å². The molecule has 1 unspecified atom stereocenters. The van der Waals surface area contributed by atoms with Crippen molar-refractivity contribution in [2.75, 3.05) is 13.7 Å². The van der Waals surface area contributed by atoms with E-state index in [0.29, 0.717) is 0 Å². The third-order valence-corrected chi connectivity index (χ3v) is 4.14. The smallest absolute Gasteiger partial charge is 0.193 e. The van der Waals surface area contributed by atoms with E-state index in [4.69, 9.17) is 4.74 Å². The van der Waals surface area contributed by atoms with Crippen LogP contribution in [0.15, 0.2) is 17.8 Å². The molecule has 5 heteroatoms. The van der Waals surface area contributed by atoms with E-state index in [-0.39, 0.29) is 11.6 Å². The highest BCUT2D eigenvalue weighted by Crippen LogP contribution is 2.19. The average Bonchev–Trinajstić information content (AvgIpc) is 2.89. The Kier molecular flexibility index (Phi) is 4.04. The molecule has 2 heterocycles. The number of rotatable bonds is 6. The molecule has 0 fully saturated rings. The summed E-state index contributed by atoms with van der Waals surface area (Å²) in [6.07, 6.45) is 5.02. The Balaban J connectivity index is 2.15. The molecule has 0 aromatic carbocycles. The first kappa shape index (κ1) is 13.5. The summed E-state index contributed by atoms with van der Waals surface area (Å²) in [5.41, 5.74) is 0.908. The molecule has 1 atom stereocenters. The molecule has 0 bridgehead atoms. The van der Waals surface area contributed by atoms with Gasteiger partial charge in [-0.3, -0.25) is 4.40 Å². The van der Waals surface area contributed by atoms with Gasteiger partial charge in [-0.1, -0.05) is 6.92 Å². The largest absolute Gasteiger partial charge is 0.377 e. The number of thiazole rings is 1. The van der Waals surface area contributed by atoms with Gasteiger partial charge in [0.25, 0.3) is 0 Å². The molecule has 0 saturated heterocycles. The Morgan fingerprint density at radius 3 is 2.94 bits per heavy atom. The van der Waals surface area contributed by atoms with Crippen LogP contribution >= 0.6 is 11.3 Å². The van der Waals surface area contributed by atoms with Crippen molar-refractivity contribution in [3.05, 3.63) is 23.5 Å². The van der Waals surface area contributed by atoms with Crippen LogP contribution in [0, 0.1) is 0 Å². The zero-order valence-corrected chi connectivity index (χ0v) is 12.3. The lowest BCUT2D eigenvalue weighted by Crippen LogP contribution is -2.49. The SMILES string of the molecule is CCNC(Cc1cn2ccsc2n1)C(C)(C)OC. The summed E-state index contributed by atoms with van der Waals surface area (Å²) in [5, 5.41) is 5.54. The molecule has 2 aromatic rings. The number of fused-ring (bicyclic) bond motifs is 1. The zero-order valence-electron chi connectivity index (χ0n) is 11.4. The van der Waals surface area contributed by atoms with E-state index in [0.717, 1.165) is 23.6 Å². The van der Waals surface area contributed by atoms with Gasteiger partial charge in [-0.05, 0) is 20.4 Å². The summed E-state index contributed by atoms with van der Waals surface area (Å²) >= 11 is 1.66. The number of nitrogens with zero attached hydrogens (tertiary/aromatic N) is 2. The minimum Gasteiger partial charge on any atom is -0.377 e. The van der Waals surface area contributed by atoms with Crippen LogP contribution in [0.2, 0.25) is 0 Å². The van der Waals surface area contributed by atoms with E-state index in [1.54, 1.807) is 18.4 Å². The summed E-state index contributed by atoms with van der Waals surface area (Å²) in [6, 6.07) is 0.261. The van der Waals surface area contributed by atoms with Crippen LogP contribution in [0.4, 0.5) is 0 Å². The lowest BCUT2D eigenvalue weighted by Gasteiger charge is -2.33. The number of ether oxygens (including phenoxy) is 1. The van der Waals surface area contributed by atoms with E-state index in [2.05, 4.69) is 41.7 Å². The molecule has 0 spiro atoms. The minimum absolute atomic E-state index is 0.201. The van der Waals surface area contributed by atoms with E-state index in [1.165, 1.54) is 0 Å². The third kappa shape index (κ3) is 2.74. The topological polar surface area (TPSA) is 38.6 Å². The first-order chi connectivity index (χ1) is 8.56. The normalized spacial score (nSPS) is 14.2. The van der Waals surface area contributed by atoms with E-state index in [1.807, 2.05) is 11.6 Å². The lowest BCUT2D eigenvalue weighted by atomic mass is 9.94. The molecule has 0 saturated carbocycles. The Morgan fingerprint density at radius 2 is 2.33 bits per heavy atom. The quantitative estimate of drug-likeness (QED) is 0.873. The van der Waals surface area contributed by atoms with Gasteiger partial charge < -0.3 is 10.1 Å². The number of nitrogens with one attached hydrogen (secondary N) is 1. The molecule has 18 heavy (non-hydrogen) atoms. The molecular weight excluding hydrogens is 246 g/mol. The second kappa shape index (κ2) is 5.38. The third-order valence-electron chi connectivity index (χ3n) is 3.37. The van der Waals surface area contributed by atoms with Crippen LogP contribution in [0.3, 0.4) is 0 Å². The molecule has 0 aliphatic rings. The Morgan fingerprint density at radius 1 is 1.56 bits per heavy atom. The fourth-order valence-electron chi connectivity index (χ4n) is 2.04. The van der Waals surface area contributed by atoms with Gasteiger partial charge >= 0.3 is 0 Å². The number of hydrogen-bond donors (Lipinski definition) is 1. The number of methoxy groups -OCH3 is 1. The predicted octanol–water partition coefficient (Wildman–Crippen LogP) is 2.34. The molecule has 4 nitrogen and oxygen atoms in total. The van der Waals surface area contributed by atoms with Crippen LogP contribution < -0.4 is 5.32 Å². The van der Waals surface area contributed by atoms with Crippen molar-refractivity contribution in [1.82, 2.24) is 14.7 Å². The van der Waals surface area contributed by atoms with Crippen molar-refractivity contribution in [3.8, 4) is 0 Å². The molecule has 0 aliphatic carbocycles. The molecule has 0 radical (unpaired) electrons. The fourth-order valence-corrected chi connectivity index (χ4v) is 2.75. The molecular formula is C13H21N3OS. The number of imidazole rings is 1. The van der Waals surface area contributed by atoms with E-state index < -0.39 is 0 Å². The lowest BCUT2D eigenvalue weighted by molar-refractivity contribution is -0.00981. The van der Waals surface area contributed by atoms with E-state index >= 15 is 0 Å². The molecule has 2 rings (SSSR count). The summed E-state index contributed by atoms with van der Waals surface area (Å²) < 4.78 is 7.66. The summed E-state index contributed by atoms with van der Waals surface area (Å²) in [6.45, 7) is 7.27. The Hall–Kier alpha value is -0.910. The first-order valence-corrected chi connectivity index (χ1v) is 7.14. The second-order valence-electron chi connectivity index (χ2n) is 4.95. The minimum atomic E-state index is -0.201. The maximum absolute atomic E-state index is 5.59. The second-order valence-corrected chi connectivity index (χ2v) is 5.82. The van der Waals surface area contributed by atoms with Gasteiger partial charge in [0.15, 0.2) is 4.96 Å². The molecule has 0 amide bonds. The average molecular weight is 267 g/mol. The van der Waals surface area contributed by atoms with Crippen molar-refractivity contribution in [3.63, 3.8) is 0 Å². The highest BCUT2D eigenvalue weighted by Gasteiger charge is 2.29. The van der Waals surface area contributed by atoms with Crippen LogP contribution in [0.5, 0.6) is 0 Å². The van der Waals surface area contributed by atoms with Gasteiger partial charge in [0.05, 0.1) is 11.3 Å². The molecule has 100 valence electrons. The standard InChI is InChI=1S/C13H21N3OS/c1-5-14-11(13(2,3)17-4)8-10-9-16-6-7-18-12(16)15-10/h6-7,9,11,14H,5,8H2,1-4H3. The van der Waals surface area contributed by atoms with Crippen LogP contribution in [-0.4, -0.2) is 34.7 Å². The highest BCUT2D eigenvalue weighted by molar-refractivity contribution is 7.15.